The molecule has 0 aromatic heterocycles. The molecule has 2 N–H and O–H groups in total. The number of hydrogen-bond donors (Lipinski definition) is 2. The van der Waals surface area contributed by atoms with Crippen LogP contribution in [0, 0.1) is 5.41 Å². The van der Waals surface area contributed by atoms with E-state index in [2.05, 4.69) is 17.6 Å². The Labute approximate surface area is 79.0 Å². The maximum absolute atomic E-state index is 10.5. The van der Waals surface area contributed by atoms with Crippen molar-refractivity contribution in [1.29, 1.82) is 0 Å². The predicted octanol–water partition coefficient (Wildman–Crippen LogP) is -0.251. The second-order valence-corrected chi connectivity index (χ2v) is 3.96. The molecule has 1 aliphatic heterocycles. The van der Waals surface area contributed by atoms with Crippen molar-refractivity contribution in [3.05, 3.63) is 0 Å². The van der Waals surface area contributed by atoms with Gasteiger partial charge in [-0.05, 0) is 0 Å². The average Bonchev–Trinajstić information content (AvgIpc) is 2.00. The molecule has 4 heteroatoms. The Morgan fingerprint density at radius 3 is 2.62 bits per heavy atom. The highest BCUT2D eigenvalue weighted by atomic mass is 16.5. The van der Waals surface area contributed by atoms with E-state index < -0.39 is 0 Å². The molecule has 1 saturated heterocycles. The number of hydrogen-bond acceptors (Lipinski definition) is 3. The van der Waals surface area contributed by atoms with Crippen LogP contribution in [0.15, 0.2) is 0 Å². The fourth-order valence-corrected chi connectivity index (χ4v) is 1.27. The first-order valence-corrected chi connectivity index (χ1v) is 4.65. The first-order chi connectivity index (χ1) is 6.12. The van der Waals surface area contributed by atoms with Gasteiger partial charge in [0.05, 0.1) is 13.2 Å². The topological polar surface area (TPSA) is 50.4 Å². The number of amides is 1. The van der Waals surface area contributed by atoms with Crippen molar-refractivity contribution in [3.63, 3.8) is 0 Å². The zero-order valence-corrected chi connectivity index (χ0v) is 8.35. The summed E-state index contributed by atoms with van der Waals surface area (Å²) in [6.07, 6.45) is 0. The maximum atomic E-state index is 10.5. The van der Waals surface area contributed by atoms with Gasteiger partial charge in [0.15, 0.2) is 0 Å². The Balaban J connectivity index is 1.92. The lowest BCUT2D eigenvalue weighted by molar-refractivity contribution is -0.118. The van der Waals surface area contributed by atoms with Crippen LogP contribution in [0.2, 0.25) is 0 Å². The lowest BCUT2D eigenvalue weighted by Gasteiger charge is -2.38. The van der Waals surface area contributed by atoms with Crippen LogP contribution in [0.25, 0.3) is 0 Å². The van der Waals surface area contributed by atoms with E-state index in [1.807, 2.05) is 0 Å². The molecule has 1 amide bonds. The smallest absolute Gasteiger partial charge is 0.216 e. The van der Waals surface area contributed by atoms with Crippen LogP contribution in [0.5, 0.6) is 0 Å². The van der Waals surface area contributed by atoms with Gasteiger partial charge < -0.3 is 15.4 Å². The van der Waals surface area contributed by atoms with Gasteiger partial charge in [0.1, 0.15) is 0 Å². The van der Waals surface area contributed by atoms with Crippen molar-refractivity contribution in [2.45, 2.75) is 13.8 Å². The minimum absolute atomic E-state index is 0.0278. The van der Waals surface area contributed by atoms with Crippen molar-refractivity contribution in [1.82, 2.24) is 10.6 Å². The van der Waals surface area contributed by atoms with Crippen LogP contribution in [0.1, 0.15) is 13.8 Å². The molecule has 1 heterocycles. The highest BCUT2D eigenvalue weighted by Crippen LogP contribution is 2.24. The molecular formula is C9H18N2O2. The standard InChI is InChI=1S/C9H18N2O2/c1-8(12)11-4-3-10-5-9(2)6-13-7-9/h10H,3-7H2,1-2H3,(H,11,12). The van der Waals surface area contributed by atoms with E-state index in [9.17, 15) is 4.79 Å². The van der Waals surface area contributed by atoms with Gasteiger partial charge in [0, 0.05) is 32.0 Å². The fourth-order valence-electron chi connectivity index (χ4n) is 1.27. The lowest BCUT2D eigenvalue weighted by atomic mass is 9.89. The highest BCUT2D eigenvalue weighted by molar-refractivity contribution is 5.72. The summed E-state index contributed by atoms with van der Waals surface area (Å²) in [5.74, 6) is 0.0278. The van der Waals surface area contributed by atoms with Gasteiger partial charge in [-0.15, -0.1) is 0 Å². The van der Waals surface area contributed by atoms with Gasteiger partial charge in [0.2, 0.25) is 5.91 Å². The minimum Gasteiger partial charge on any atom is -0.380 e. The third kappa shape index (κ3) is 3.74. The first kappa shape index (κ1) is 10.5. The van der Waals surface area contributed by atoms with E-state index in [-0.39, 0.29) is 5.91 Å². The largest absolute Gasteiger partial charge is 0.380 e. The minimum atomic E-state index is 0.0278. The van der Waals surface area contributed by atoms with Gasteiger partial charge in [0.25, 0.3) is 0 Å². The van der Waals surface area contributed by atoms with Crippen LogP contribution in [0.4, 0.5) is 0 Å². The molecular weight excluding hydrogens is 168 g/mol. The second kappa shape index (κ2) is 4.58. The molecule has 0 bridgehead atoms. The number of carbonyl (C=O) groups excluding carboxylic acids is 1. The number of rotatable bonds is 5. The molecule has 76 valence electrons. The summed E-state index contributed by atoms with van der Waals surface area (Å²) in [7, 11) is 0. The Kier molecular flexibility index (Phi) is 3.69. The van der Waals surface area contributed by atoms with Crippen molar-refractivity contribution >= 4 is 5.91 Å². The van der Waals surface area contributed by atoms with E-state index in [4.69, 9.17) is 4.74 Å². The quantitative estimate of drug-likeness (QED) is 0.582. The van der Waals surface area contributed by atoms with Crippen molar-refractivity contribution in [2.75, 3.05) is 32.8 Å². The third-order valence-electron chi connectivity index (χ3n) is 2.13. The third-order valence-corrected chi connectivity index (χ3v) is 2.13. The molecule has 0 aromatic rings. The van der Waals surface area contributed by atoms with Gasteiger partial charge in [-0.2, -0.15) is 0 Å². The average molecular weight is 186 g/mol. The summed E-state index contributed by atoms with van der Waals surface area (Å²) in [6, 6.07) is 0. The summed E-state index contributed by atoms with van der Waals surface area (Å²) in [5, 5.41) is 6.02. The van der Waals surface area contributed by atoms with E-state index in [0.29, 0.717) is 12.0 Å². The Hall–Kier alpha value is -0.610. The van der Waals surface area contributed by atoms with E-state index in [0.717, 1.165) is 26.3 Å². The van der Waals surface area contributed by atoms with E-state index in [1.54, 1.807) is 0 Å². The molecule has 0 saturated carbocycles. The van der Waals surface area contributed by atoms with Crippen LogP contribution in [-0.2, 0) is 9.53 Å². The summed E-state index contributed by atoms with van der Waals surface area (Å²) < 4.78 is 5.12. The Morgan fingerprint density at radius 1 is 1.46 bits per heavy atom. The SMILES string of the molecule is CC(=O)NCCNCC1(C)COC1. The van der Waals surface area contributed by atoms with Gasteiger partial charge in [-0.25, -0.2) is 0 Å². The number of carbonyl (C=O) groups is 1. The summed E-state index contributed by atoms with van der Waals surface area (Å²) in [4.78, 5) is 10.5. The first-order valence-electron chi connectivity index (χ1n) is 4.65. The van der Waals surface area contributed by atoms with Gasteiger partial charge in [-0.1, -0.05) is 6.92 Å². The monoisotopic (exact) mass is 186 g/mol. The second-order valence-electron chi connectivity index (χ2n) is 3.96. The van der Waals surface area contributed by atoms with Crippen molar-refractivity contribution < 1.29 is 9.53 Å². The molecule has 1 rings (SSSR count). The van der Waals surface area contributed by atoms with Crippen molar-refractivity contribution in [3.8, 4) is 0 Å². The summed E-state index contributed by atoms with van der Waals surface area (Å²) >= 11 is 0. The van der Waals surface area contributed by atoms with Crippen LogP contribution in [0.3, 0.4) is 0 Å². The van der Waals surface area contributed by atoms with E-state index in [1.165, 1.54) is 6.92 Å². The van der Waals surface area contributed by atoms with Crippen LogP contribution < -0.4 is 10.6 Å². The number of nitrogens with one attached hydrogen (secondary N) is 2. The van der Waals surface area contributed by atoms with Crippen LogP contribution >= 0.6 is 0 Å². The molecule has 0 aliphatic carbocycles. The predicted molar refractivity (Wildman–Crippen MR) is 50.5 cm³/mol. The molecule has 0 aromatic carbocycles. The van der Waals surface area contributed by atoms with Gasteiger partial charge in [-0.3, -0.25) is 4.79 Å². The van der Waals surface area contributed by atoms with Gasteiger partial charge >= 0.3 is 0 Å². The van der Waals surface area contributed by atoms with Crippen LogP contribution in [-0.4, -0.2) is 38.8 Å². The molecule has 13 heavy (non-hydrogen) atoms. The molecule has 0 spiro atoms. The van der Waals surface area contributed by atoms with Crippen molar-refractivity contribution in [2.24, 2.45) is 5.41 Å². The number of ether oxygens (including phenoxy) is 1. The highest BCUT2D eigenvalue weighted by Gasteiger charge is 2.32. The maximum Gasteiger partial charge on any atom is 0.216 e. The molecule has 0 unspecified atom stereocenters. The van der Waals surface area contributed by atoms with E-state index >= 15 is 0 Å². The summed E-state index contributed by atoms with van der Waals surface area (Å²) in [6.45, 7) is 7.91. The Bertz CT molecular complexity index is 178. The molecule has 1 aliphatic rings. The molecule has 0 atom stereocenters. The summed E-state index contributed by atoms with van der Waals surface area (Å²) in [5.41, 5.74) is 0.316. The molecule has 1 fully saturated rings. The Morgan fingerprint density at radius 2 is 2.15 bits per heavy atom. The fraction of sp³-hybridized carbons (Fsp3) is 0.889. The zero-order valence-electron chi connectivity index (χ0n) is 8.35. The lowest BCUT2D eigenvalue weighted by Crippen LogP contribution is -2.48. The normalized spacial score (nSPS) is 19.2. The molecule has 0 radical (unpaired) electrons. The zero-order chi connectivity index (χ0) is 9.73. The molecule has 4 nitrogen and oxygen atoms in total.